The third kappa shape index (κ3) is 3.71. The van der Waals surface area contributed by atoms with E-state index in [1.165, 1.54) is 11.8 Å². The van der Waals surface area contributed by atoms with Crippen LogP contribution in [0.25, 0.3) is 0 Å². The summed E-state index contributed by atoms with van der Waals surface area (Å²) < 4.78 is 4.88. The van der Waals surface area contributed by atoms with E-state index in [-0.39, 0.29) is 11.7 Å². The molecule has 5 nitrogen and oxygen atoms in total. The summed E-state index contributed by atoms with van der Waals surface area (Å²) in [6.07, 6.45) is 0.749. The summed E-state index contributed by atoms with van der Waals surface area (Å²) in [6, 6.07) is 0. The van der Waals surface area contributed by atoms with Gasteiger partial charge in [0.1, 0.15) is 5.25 Å². The van der Waals surface area contributed by atoms with Gasteiger partial charge in [-0.1, -0.05) is 0 Å². The van der Waals surface area contributed by atoms with Crippen molar-refractivity contribution in [3.8, 4) is 0 Å². The highest BCUT2D eigenvalue weighted by atomic mass is 32.2. The maximum absolute atomic E-state index is 11.4. The Bertz CT molecular complexity index is 246. The molecule has 0 bridgehead atoms. The predicted octanol–water partition coefficient (Wildman–Crippen LogP) is 0.0515. The molecule has 0 radical (unpaired) electrons. The molecule has 0 aromatic carbocycles. The molecule has 0 saturated carbocycles. The van der Waals surface area contributed by atoms with E-state index in [1.807, 2.05) is 0 Å². The van der Waals surface area contributed by atoms with E-state index < -0.39 is 11.2 Å². The number of nitrogens with zero attached hydrogens (tertiary/aromatic N) is 1. The van der Waals surface area contributed by atoms with E-state index in [2.05, 4.69) is 0 Å². The smallest absolute Gasteiger partial charge is 0.318 e. The molecule has 0 aromatic heterocycles. The average Bonchev–Trinajstić information content (AvgIpc) is 2.20. The Balaban J connectivity index is 2.39. The van der Waals surface area contributed by atoms with Gasteiger partial charge in [0.05, 0.1) is 5.75 Å². The van der Waals surface area contributed by atoms with Crippen LogP contribution in [-0.2, 0) is 14.3 Å². The number of rotatable bonds is 5. The lowest BCUT2D eigenvalue weighted by Gasteiger charge is -2.30. The molecule has 1 saturated heterocycles. The first kappa shape index (κ1) is 12.3. The number of thioether (sulfide) groups is 1. The molecule has 0 aromatic rings. The zero-order valence-electron chi connectivity index (χ0n) is 8.64. The van der Waals surface area contributed by atoms with Gasteiger partial charge in [-0.15, -0.1) is 11.8 Å². The van der Waals surface area contributed by atoms with Gasteiger partial charge < -0.3 is 14.7 Å². The van der Waals surface area contributed by atoms with E-state index in [0.29, 0.717) is 19.7 Å². The molecule has 1 aliphatic rings. The topological polar surface area (TPSA) is 66.8 Å². The largest absolute Gasteiger partial charge is 0.480 e. The van der Waals surface area contributed by atoms with Gasteiger partial charge in [0, 0.05) is 26.8 Å². The zero-order chi connectivity index (χ0) is 11.3. The molecule has 15 heavy (non-hydrogen) atoms. The van der Waals surface area contributed by atoms with Gasteiger partial charge in [0.25, 0.3) is 0 Å². The monoisotopic (exact) mass is 233 g/mol. The predicted molar refractivity (Wildman–Crippen MR) is 57.0 cm³/mol. The summed E-state index contributed by atoms with van der Waals surface area (Å²) in [6.45, 7) is 1.48. The molecule has 0 spiro atoms. The number of ether oxygens (including phenoxy) is 1. The first-order chi connectivity index (χ1) is 7.15. The lowest BCUT2D eigenvalue weighted by Crippen LogP contribution is -2.45. The number of hydrogen-bond donors (Lipinski definition) is 1. The molecule has 1 amide bonds. The van der Waals surface area contributed by atoms with Crippen LogP contribution < -0.4 is 0 Å². The molecule has 1 heterocycles. The van der Waals surface area contributed by atoms with E-state index in [4.69, 9.17) is 9.84 Å². The van der Waals surface area contributed by atoms with Crippen LogP contribution in [0.5, 0.6) is 0 Å². The van der Waals surface area contributed by atoms with Crippen molar-refractivity contribution in [1.82, 2.24) is 4.90 Å². The Morgan fingerprint density at radius 2 is 2.47 bits per heavy atom. The Hall–Kier alpha value is -0.750. The van der Waals surface area contributed by atoms with Crippen molar-refractivity contribution in [2.45, 2.75) is 11.7 Å². The Morgan fingerprint density at radius 3 is 3.07 bits per heavy atom. The summed E-state index contributed by atoms with van der Waals surface area (Å²) in [5, 5.41) is 8.35. The van der Waals surface area contributed by atoms with Crippen LogP contribution in [0.15, 0.2) is 0 Å². The quantitative estimate of drug-likeness (QED) is 0.680. The number of carbonyl (C=O) groups is 2. The number of aliphatic carboxylic acids is 1. The van der Waals surface area contributed by atoms with E-state index in [1.54, 1.807) is 12.0 Å². The first-order valence-electron chi connectivity index (χ1n) is 4.76. The van der Waals surface area contributed by atoms with Crippen molar-refractivity contribution >= 4 is 23.6 Å². The lowest BCUT2D eigenvalue weighted by molar-refractivity contribution is -0.138. The van der Waals surface area contributed by atoms with Gasteiger partial charge in [-0.05, 0) is 6.42 Å². The van der Waals surface area contributed by atoms with Gasteiger partial charge in [-0.25, -0.2) is 0 Å². The van der Waals surface area contributed by atoms with Crippen LogP contribution >= 0.6 is 11.8 Å². The molecule has 1 rings (SSSR count). The molecule has 1 aliphatic heterocycles. The Morgan fingerprint density at radius 1 is 1.73 bits per heavy atom. The van der Waals surface area contributed by atoms with Crippen molar-refractivity contribution < 1.29 is 19.4 Å². The highest BCUT2D eigenvalue weighted by Crippen LogP contribution is 2.19. The van der Waals surface area contributed by atoms with Crippen molar-refractivity contribution in [2.75, 3.05) is 32.6 Å². The number of carbonyl (C=O) groups excluding carboxylic acids is 1. The third-order valence-corrected chi connectivity index (χ3v) is 3.37. The van der Waals surface area contributed by atoms with E-state index in [9.17, 15) is 9.59 Å². The van der Waals surface area contributed by atoms with Crippen LogP contribution in [0.2, 0.25) is 0 Å². The molecule has 6 heteroatoms. The number of amides is 1. The van der Waals surface area contributed by atoms with Crippen molar-refractivity contribution in [3.05, 3.63) is 0 Å². The minimum absolute atomic E-state index is 0.0219. The molecule has 1 unspecified atom stereocenters. The third-order valence-electron chi connectivity index (χ3n) is 2.20. The summed E-state index contributed by atoms with van der Waals surface area (Å²) >= 11 is 1.20. The molecule has 1 N–H and O–H groups in total. The Kier molecular flexibility index (Phi) is 4.90. The van der Waals surface area contributed by atoms with Gasteiger partial charge in [-0.3, -0.25) is 9.59 Å². The summed E-state index contributed by atoms with van der Waals surface area (Å²) in [4.78, 5) is 23.8. The van der Waals surface area contributed by atoms with Gasteiger partial charge >= 0.3 is 5.97 Å². The van der Waals surface area contributed by atoms with Crippen LogP contribution in [0.4, 0.5) is 0 Å². The van der Waals surface area contributed by atoms with Gasteiger partial charge in [-0.2, -0.15) is 0 Å². The van der Waals surface area contributed by atoms with Crippen LogP contribution in [0.3, 0.4) is 0 Å². The number of methoxy groups -OCH3 is 1. The number of carboxylic acid groups (broad SMARTS) is 1. The maximum Gasteiger partial charge on any atom is 0.318 e. The van der Waals surface area contributed by atoms with E-state index >= 15 is 0 Å². The second kappa shape index (κ2) is 5.97. The molecule has 1 fully saturated rings. The van der Waals surface area contributed by atoms with Crippen molar-refractivity contribution in [1.29, 1.82) is 0 Å². The highest BCUT2D eigenvalue weighted by molar-refractivity contribution is 8.01. The molecule has 0 aliphatic carbocycles. The van der Waals surface area contributed by atoms with E-state index in [0.717, 1.165) is 6.42 Å². The Labute approximate surface area is 92.8 Å². The fraction of sp³-hybridized carbons (Fsp3) is 0.778. The minimum Gasteiger partial charge on any atom is -0.480 e. The number of hydrogen-bond acceptors (Lipinski definition) is 4. The normalized spacial score (nSPS) is 21.8. The van der Waals surface area contributed by atoms with Crippen molar-refractivity contribution in [3.63, 3.8) is 0 Å². The van der Waals surface area contributed by atoms with Crippen molar-refractivity contribution in [2.24, 2.45) is 0 Å². The molecule has 86 valence electrons. The van der Waals surface area contributed by atoms with Crippen LogP contribution in [0, 0.1) is 0 Å². The second-order valence-electron chi connectivity index (χ2n) is 3.32. The fourth-order valence-corrected chi connectivity index (χ4v) is 2.34. The fourth-order valence-electron chi connectivity index (χ4n) is 1.38. The second-order valence-corrected chi connectivity index (χ2v) is 4.52. The maximum atomic E-state index is 11.4. The molecule has 1 atom stereocenters. The highest BCUT2D eigenvalue weighted by Gasteiger charge is 2.30. The van der Waals surface area contributed by atoms with Crippen LogP contribution in [0.1, 0.15) is 6.42 Å². The van der Waals surface area contributed by atoms with Gasteiger partial charge in [0.2, 0.25) is 5.91 Å². The molecular weight excluding hydrogens is 218 g/mol. The van der Waals surface area contributed by atoms with Crippen LogP contribution in [-0.4, -0.2) is 59.7 Å². The minimum atomic E-state index is -0.843. The lowest BCUT2D eigenvalue weighted by atomic mass is 10.3. The first-order valence-corrected chi connectivity index (χ1v) is 5.81. The number of carboxylic acids is 1. The van der Waals surface area contributed by atoms with Gasteiger partial charge in [0.15, 0.2) is 0 Å². The average molecular weight is 233 g/mol. The standard InChI is InChI=1S/C9H15NO4S/c1-14-4-2-3-10-5-7(9(12)13)15-6-8(10)11/h7H,2-6H2,1H3,(H,12,13). The summed E-state index contributed by atoms with van der Waals surface area (Å²) in [5.74, 6) is -0.554. The summed E-state index contributed by atoms with van der Waals surface area (Å²) in [5.41, 5.74) is 0. The zero-order valence-corrected chi connectivity index (χ0v) is 9.46. The SMILES string of the molecule is COCCCN1CC(C(=O)O)SCC1=O. The summed E-state index contributed by atoms with van der Waals surface area (Å²) in [7, 11) is 1.61. The molecular formula is C9H15NO4S.